The van der Waals surface area contributed by atoms with E-state index in [4.69, 9.17) is 16.1 Å². The first-order valence-corrected chi connectivity index (χ1v) is 9.56. The second-order valence-corrected chi connectivity index (χ2v) is 7.66. The Morgan fingerprint density at radius 3 is 2.76 bits per heavy atom. The van der Waals surface area contributed by atoms with E-state index in [1.54, 1.807) is 0 Å². The number of carbonyl (C=O) groups excluding carboxylic acids is 1. The Hall–Kier alpha value is -1.81. The SMILES string of the molecule is CCC1CCCCN1C(=O)C1(c2cc(-c3ccc(Cl)cc3)on2)CC1. The van der Waals surface area contributed by atoms with Crippen LogP contribution in [0.2, 0.25) is 5.02 Å². The number of likely N-dealkylation sites (tertiary alicyclic amines) is 1. The average molecular weight is 359 g/mol. The lowest BCUT2D eigenvalue weighted by Gasteiger charge is -2.37. The fourth-order valence-corrected chi connectivity index (χ4v) is 4.05. The Balaban J connectivity index is 1.59. The predicted octanol–water partition coefficient (Wildman–Crippen LogP) is 4.82. The third-order valence-electron chi connectivity index (χ3n) is 5.65. The van der Waals surface area contributed by atoms with Crippen LogP contribution in [0.25, 0.3) is 11.3 Å². The molecular formula is C20H23ClN2O2. The van der Waals surface area contributed by atoms with Gasteiger partial charge in [-0.15, -0.1) is 0 Å². The van der Waals surface area contributed by atoms with Crippen LogP contribution in [0, 0.1) is 0 Å². The maximum atomic E-state index is 13.3. The fourth-order valence-electron chi connectivity index (χ4n) is 3.92. The number of benzene rings is 1. The smallest absolute Gasteiger partial charge is 0.235 e. The first-order chi connectivity index (χ1) is 12.1. The van der Waals surface area contributed by atoms with E-state index in [9.17, 15) is 4.79 Å². The van der Waals surface area contributed by atoms with Crippen LogP contribution in [0.5, 0.6) is 0 Å². The normalized spacial score (nSPS) is 22.0. The Morgan fingerprint density at radius 2 is 2.08 bits per heavy atom. The third-order valence-corrected chi connectivity index (χ3v) is 5.90. The van der Waals surface area contributed by atoms with Gasteiger partial charge in [0.25, 0.3) is 0 Å². The lowest BCUT2D eigenvalue weighted by Crippen LogP contribution is -2.48. The molecule has 0 spiro atoms. The molecule has 2 aromatic rings. The summed E-state index contributed by atoms with van der Waals surface area (Å²) in [6.07, 6.45) is 6.20. The summed E-state index contributed by atoms with van der Waals surface area (Å²) < 4.78 is 5.54. The molecule has 2 fully saturated rings. The van der Waals surface area contributed by atoms with Crippen molar-refractivity contribution in [2.24, 2.45) is 0 Å². The van der Waals surface area contributed by atoms with E-state index in [1.165, 1.54) is 6.42 Å². The van der Waals surface area contributed by atoms with Crippen molar-refractivity contribution < 1.29 is 9.32 Å². The number of hydrogen-bond donors (Lipinski definition) is 0. The number of carbonyl (C=O) groups is 1. The molecule has 2 aliphatic rings. The molecule has 4 nitrogen and oxygen atoms in total. The highest BCUT2D eigenvalue weighted by Gasteiger charge is 2.56. The maximum Gasteiger partial charge on any atom is 0.235 e. The highest BCUT2D eigenvalue weighted by molar-refractivity contribution is 6.30. The van der Waals surface area contributed by atoms with Gasteiger partial charge in [0.15, 0.2) is 5.76 Å². The summed E-state index contributed by atoms with van der Waals surface area (Å²) in [6, 6.07) is 9.78. The summed E-state index contributed by atoms with van der Waals surface area (Å²) in [7, 11) is 0. The van der Waals surface area contributed by atoms with E-state index in [0.29, 0.717) is 16.8 Å². The van der Waals surface area contributed by atoms with Gasteiger partial charge in [-0.2, -0.15) is 0 Å². The Morgan fingerprint density at radius 1 is 1.32 bits per heavy atom. The van der Waals surface area contributed by atoms with E-state index in [-0.39, 0.29) is 5.91 Å². The molecule has 0 radical (unpaired) electrons. The number of piperidine rings is 1. The summed E-state index contributed by atoms with van der Waals surface area (Å²) in [5.74, 6) is 0.937. The molecule has 1 amide bonds. The van der Waals surface area contributed by atoms with E-state index in [2.05, 4.69) is 17.0 Å². The molecule has 1 aromatic carbocycles. The largest absolute Gasteiger partial charge is 0.356 e. The van der Waals surface area contributed by atoms with E-state index in [1.807, 2.05) is 30.3 Å². The number of nitrogens with zero attached hydrogens (tertiary/aromatic N) is 2. The van der Waals surface area contributed by atoms with Crippen molar-refractivity contribution >= 4 is 17.5 Å². The maximum absolute atomic E-state index is 13.3. The van der Waals surface area contributed by atoms with Crippen molar-refractivity contribution in [3.05, 3.63) is 41.0 Å². The van der Waals surface area contributed by atoms with Gasteiger partial charge >= 0.3 is 0 Å². The molecule has 0 N–H and O–H groups in total. The second-order valence-electron chi connectivity index (χ2n) is 7.22. The van der Waals surface area contributed by atoms with Gasteiger partial charge in [0.05, 0.1) is 11.1 Å². The molecule has 0 bridgehead atoms. The minimum Gasteiger partial charge on any atom is -0.356 e. The molecule has 132 valence electrons. The molecule has 1 aliphatic heterocycles. The van der Waals surface area contributed by atoms with Crippen LogP contribution in [0.1, 0.15) is 51.1 Å². The summed E-state index contributed by atoms with van der Waals surface area (Å²) in [5.41, 5.74) is 1.25. The molecule has 1 aliphatic carbocycles. The molecule has 4 rings (SSSR count). The van der Waals surface area contributed by atoms with Gasteiger partial charge in [-0.25, -0.2) is 0 Å². The molecule has 1 unspecified atom stereocenters. The number of hydrogen-bond acceptors (Lipinski definition) is 3. The van der Waals surface area contributed by atoms with Gasteiger partial charge in [0.1, 0.15) is 0 Å². The van der Waals surface area contributed by atoms with Crippen LogP contribution < -0.4 is 0 Å². The molecule has 1 atom stereocenters. The Kier molecular flexibility index (Phi) is 4.32. The van der Waals surface area contributed by atoms with Crippen molar-refractivity contribution in [2.45, 2.75) is 56.9 Å². The zero-order valence-corrected chi connectivity index (χ0v) is 15.3. The van der Waals surface area contributed by atoms with Gasteiger partial charge < -0.3 is 9.42 Å². The van der Waals surface area contributed by atoms with Gasteiger partial charge in [-0.05, 0) is 62.8 Å². The van der Waals surface area contributed by atoms with Gasteiger partial charge in [-0.1, -0.05) is 23.7 Å². The quantitative estimate of drug-likeness (QED) is 0.787. The zero-order valence-electron chi connectivity index (χ0n) is 14.5. The van der Waals surface area contributed by atoms with Crippen LogP contribution in [0.3, 0.4) is 0 Å². The molecule has 2 heterocycles. The number of amides is 1. The minimum absolute atomic E-state index is 0.245. The minimum atomic E-state index is -0.459. The molecule has 1 saturated carbocycles. The average Bonchev–Trinajstić information content (AvgIpc) is 3.31. The van der Waals surface area contributed by atoms with Crippen LogP contribution in [-0.4, -0.2) is 28.6 Å². The predicted molar refractivity (Wildman–Crippen MR) is 97.5 cm³/mol. The third kappa shape index (κ3) is 2.97. The van der Waals surface area contributed by atoms with E-state index in [0.717, 1.165) is 49.9 Å². The first kappa shape index (κ1) is 16.6. The Bertz CT molecular complexity index is 764. The van der Waals surface area contributed by atoms with Gasteiger partial charge in [0.2, 0.25) is 5.91 Å². The summed E-state index contributed by atoms with van der Waals surface area (Å²) in [5, 5.41) is 4.95. The number of rotatable bonds is 4. The molecule has 1 aromatic heterocycles. The number of aromatic nitrogens is 1. The van der Waals surface area contributed by atoms with Crippen molar-refractivity contribution in [1.29, 1.82) is 0 Å². The topological polar surface area (TPSA) is 46.3 Å². The first-order valence-electron chi connectivity index (χ1n) is 9.18. The molecular weight excluding hydrogens is 336 g/mol. The van der Waals surface area contributed by atoms with E-state index < -0.39 is 5.41 Å². The van der Waals surface area contributed by atoms with Gasteiger partial charge in [-0.3, -0.25) is 4.79 Å². The van der Waals surface area contributed by atoms with Crippen molar-refractivity contribution in [3.63, 3.8) is 0 Å². The summed E-state index contributed by atoms with van der Waals surface area (Å²) in [6.45, 7) is 3.05. The second kappa shape index (κ2) is 6.49. The monoisotopic (exact) mass is 358 g/mol. The molecule has 25 heavy (non-hydrogen) atoms. The van der Waals surface area contributed by atoms with Crippen LogP contribution >= 0.6 is 11.6 Å². The van der Waals surface area contributed by atoms with Crippen molar-refractivity contribution in [2.75, 3.05) is 6.54 Å². The van der Waals surface area contributed by atoms with Crippen LogP contribution in [0.4, 0.5) is 0 Å². The summed E-state index contributed by atoms with van der Waals surface area (Å²) >= 11 is 5.95. The van der Waals surface area contributed by atoms with Crippen LogP contribution in [0.15, 0.2) is 34.9 Å². The zero-order chi connectivity index (χ0) is 17.4. The van der Waals surface area contributed by atoms with Crippen molar-refractivity contribution in [3.8, 4) is 11.3 Å². The molecule has 5 heteroatoms. The standard InChI is InChI=1S/C20H23ClN2O2/c1-2-16-5-3-4-12-23(16)19(24)20(10-11-20)18-13-17(25-22-18)14-6-8-15(21)9-7-14/h6-9,13,16H,2-5,10-12H2,1H3. The highest BCUT2D eigenvalue weighted by atomic mass is 35.5. The lowest BCUT2D eigenvalue weighted by atomic mass is 9.94. The van der Waals surface area contributed by atoms with Crippen LogP contribution in [-0.2, 0) is 10.2 Å². The van der Waals surface area contributed by atoms with Crippen molar-refractivity contribution in [1.82, 2.24) is 10.1 Å². The highest BCUT2D eigenvalue weighted by Crippen LogP contribution is 2.50. The summed E-state index contributed by atoms with van der Waals surface area (Å²) in [4.78, 5) is 15.4. The number of halogens is 1. The van der Waals surface area contributed by atoms with Gasteiger partial charge in [0, 0.05) is 29.2 Å². The lowest BCUT2D eigenvalue weighted by molar-refractivity contribution is -0.138. The van der Waals surface area contributed by atoms with E-state index >= 15 is 0 Å². The Labute approximate surface area is 153 Å². The fraction of sp³-hybridized carbons (Fsp3) is 0.500. The molecule has 1 saturated heterocycles.